The maximum Gasteiger partial charge on any atom is 0.231 e. The van der Waals surface area contributed by atoms with Gasteiger partial charge in [-0.1, -0.05) is 61.6 Å². The fourth-order valence-corrected chi connectivity index (χ4v) is 5.23. The molecule has 0 radical (unpaired) electrons. The van der Waals surface area contributed by atoms with E-state index in [0.29, 0.717) is 6.04 Å². The third kappa shape index (κ3) is 5.32. The molecule has 25 heavy (non-hydrogen) atoms. The Bertz CT molecular complexity index is 615. The van der Waals surface area contributed by atoms with E-state index < -0.39 is 5.54 Å². The van der Waals surface area contributed by atoms with Gasteiger partial charge in [-0.2, -0.15) is 5.26 Å². The van der Waals surface area contributed by atoms with E-state index >= 15 is 0 Å². The number of amides is 1. The van der Waals surface area contributed by atoms with Crippen molar-refractivity contribution >= 4 is 34.1 Å². The molecule has 1 aromatic heterocycles. The second kappa shape index (κ2) is 8.86. The van der Waals surface area contributed by atoms with E-state index in [1.54, 1.807) is 0 Å². The molecule has 2 aliphatic rings. The fourth-order valence-electron chi connectivity index (χ4n) is 3.60. The van der Waals surface area contributed by atoms with Crippen molar-refractivity contribution in [3.05, 3.63) is 0 Å². The molecule has 0 spiro atoms. The number of rotatable bonds is 6. The maximum atomic E-state index is 12.2. The molecule has 2 N–H and O–H groups in total. The van der Waals surface area contributed by atoms with Gasteiger partial charge in [0.25, 0.3) is 0 Å². The summed E-state index contributed by atoms with van der Waals surface area (Å²) < 4.78 is 0.795. The van der Waals surface area contributed by atoms with Gasteiger partial charge in [0.15, 0.2) is 4.34 Å². The zero-order valence-electron chi connectivity index (χ0n) is 14.4. The summed E-state index contributed by atoms with van der Waals surface area (Å²) in [5, 5.41) is 25.0. The SMILES string of the molecule is N#CC1(NC(=O)CSc2nnc(NC3CCCCC3)s2)CCCCC1. The van der Waals surface area contributed by atoms with Crippen LogP contribution in [0.2, 0.25) is 0 Å². The number of anilines is 1. The first-order valence-corrected chi connectivity index (χ1v) is 10.9. The predicted molar refractivity (Wildman–Crippen MR) is 101 cm³/mol. The van der Waals surface area contributed by atoms with E-state index in [0.717, 1.165) is 41.6 Å². The fraction of sp³-hybridized carbons (Fsp3) is 0.765. The Morgan fingerprint density at radius 1 is 1.20 bits per heavy atom. The van der Waals surface area contributed by atoms with Crippen LogP contribution in [-0.2, 0) is 4.79 Å². The summed E-state index contributed by atoms with van der Waals surface area (Å²) >= 11 is 2.90. The lowest BCUT2D eigenvalue weighted by molar-refractivity contribution is -0.120. The van der Waals surface area contributed by atoms with Crippen molar-refractivity contribution in [1.29, 1.82) is 5.26 Å². The highest BCUT2D eigenvalue weighted by Gasteiger charge is 2.33. The Morgan fingerprint density at radius 3 is 2.64 bits per heavy atom. The third-order valence-corrected chi connectivity index (χ3v) is 6.95. The van der Waals surface area contributed by atoms with Crippen LogP contribution in [-0.4, -0.2) is 33.4 Å². The van der Waals surface area contributed by atoms with E-state index in [9.17, 15) is 10.1 Å². The van der Waals surface area contributed by atoms with E-state index in [4.69, 9.17) is 0 Å². The lowest BCUT2D eigenvalue weighted by Crippen LogP contribution is -2.49. The summed E-state index contributed by atoms with van der Waals surface area (Å²) in [4.78, 5) is 12.2. The van der Waals surface area contributed by atoms with Gasteiger partial charge >= 0.3 is 0 Å². The molecular formula is C17H25N5OS2. The Balaban J connectivity index is 1.45. The second-order valence-corrected chi connectivity index (χ2v) is 9.14. The predicted octanol–water partition coefficient (Wildman–Crippen LogP) is 3.72. The first-order valence-electron chi connectivity index (χ1n) is 9.14. The summed E-state index contributed by atoms with van der Waals surface area (Å²) in [6.07, 6.45) is 11.0. The number of hydrogen-bond donors (Lipinski definition) is 2. The Hall–Kier alpha value is -1.33. The summed E-state index contributed by atoms with van der Waals surface area (Å²) in [6.45, 7) is 0. The van der Waals surface area contributed by atoms with Gasteiger partial charge in [-0.05, 0) is 25.7 Å². The molecule has 0 aliphatic heterocycles. The van der Waals surface area contributed by atoms with E-state index in [1.807, 2.05) is 0 Å². The van der Waals surface area contributed by atoms with Crippen molar-refractivity contribution in [2.24, 2.45) is 0 Å². The Morgan fingerprint density at radius 2 is 1.92 bits per heavy atom. The molecule has 0 bridgehead atoms. The van der Waals surface area contributed by atoms with Gasteiger partial charge in [-0.3, -0.25) is 4.79 Å². The van der Waals surface area contributed by atoms with Gasteiger partial charge in [-0.15, -0.1) is 10.2 Å². The van der Waals surface area contributed by atoms with E-state index in [1.165, 1.54) is 55.2 Å². The van der Waals surface area contributed by atoms with Crippen molar-refractivity contribution in [2.45, 2.75) is 80.1 Å². The number of hydrogen-bond acceptors (Lipinski definition) is 7. The lowest BCUT2D eigenvalue weighted by Gasteiger charge is -2.31. The largest absolute Gasteiger partial charge is 0.357 e. The molecule has 1 aromatic rings. The molecular weight excluding hydrogens is 354 g/mol. The highest BCUT2D eigenvalue weighted by Crippen LogP contribution is 2.30. The van der Waals surface area contributed by atoms with Crippen LogP contribution in [0.25, 0.3) is 0 Å². The van der Waals surface area contributed by atoms with Gasteiger partial charge in [0.1, 0.15) is 5.54 Å². The van der Waals surface area contributed by atoms with Crippen molar-refractivity contribution in [2.75, 3.05) is 11.1 Å². The van der Waals surface area contributed by atoms with Gasteiger partial charge in [-0.25, -0.2) is 0 Å². The van der Waals surface area contributed by atoms with Crippen LogP contribution in [0.15, 0.2) is 4.34 Å². The number of nitriles is 1. The van der Waals surface area contributed by atoms with Crippen LogP contribution in [0.5, 0.6) is 0 Å². The minimum absolute atomic E-state index is 0.0922. The van der Waals surface area contributed by atoms with Crippen molar-refractivity contribution in [3.8, 4) is 6.07 Å². The maximum absolute atomic E-state index is 12.2. The normalized spacial score (nSPS) is 20.6. The monoisotopic (exact) mass is 379 g/mol. The molecule has 3 rings (SSSR count). The Kier molecular flexibility index (Phi) is 6.54. The molecule has 6 nitrogen and oxygen atoms in total. The number of thioether (sulfide) groups is 1. The van der Waals surface area contributed by atoms with Crippen LogP contribution in [0.3, 0.4) is 0 Å². The highest BCUT2D eigenvalue weighted by atomic mass is 32.2. The number of carbonyl (C=O) groups is 1. The highest BCUT2D eigenvalue weighted by molar-refractivity contribution is 8.01. The zero-order valence-corrected chi connectivity index (χ0v) is 16.1. The summed E-state index contributed by atoms with van der Waals surface area (Å²) in [7, 11) is 0. The molecule has 0 unspecified atom stereocenters. The molecule has 2 saturated carbocycles. The molecule has 0 atom stereocenters. The number of nitrogens with one attached hydrogen (secondary N) is 2. The van der Waals surface area contributed by atoms with Crippen molar-refractivity contribution < 1.29 is 4.79 Å². The molecule has 0 saturated heterocycles. The molecule has 8 heteroatoms. The number of carbonyl (C=O) groups excluding carboxylic acids is 1. The molecule has 1 amide bonds. The second-order valence-electron chi connectivity index (χ2n) is 6.94. The van der Waals surface area contributed by atoms with Crippen LogP contribution >= 0.6 is 23.1 Å². The number of nitrogens with zero attached hydrogens (tertiary/aromatic N) is 3. The van der Waals surface area contributed by atoms with Gasteiger partial charge in [0.05, 0.1) is 11.8 Å². The lowest BCUT2D eigenvalue weighted by atomic mass is 9.83. The van der Waals surface area contributed by atoms with Crippen molar-refractivity contribution in [3.63, 3.8) is 0 Å². The van der Waals surface area contributed by atoms with E-state index in [2.05, 4.69) is 26.9 Å². The topological polar surface area (TPSA) is 90.7 Å². The van der Waals surface area contributed by atoms with Crippen LogP contribution in [0.1, 0.15) is 64.2 Å². The molecule has 0 aromatic carbocycles. The number of aromatic nitrogens is 2. The van der Waals surface area contributed by atoms with Gasteiger partial charge in [0, 0.05) is 6.04 Å². The summed E-state index contributed by atoms with van der Waals surface area (Å²) in [5.74, 6) is 0.187. The third-order valence-electron chi connectivity index (χ3n) is 4.97. The smallest absolute Gasteiger partial charge is 0.231 e. The quantitative estimate of drug-likeness (QED) is 0.732. The molecule has 2 fully saturated rings. The van der Waals surface area contributed by atoms with Gasteiger partial charge < -0.3 is 10.6 Å². The molecule has 136 valence electrons. The molecule has 2 aliphatic carbocycles. The van der Waals surface area contributed by atoms with Crippen LogP contribution in [0, 0.1) is 11.3 Å². The average Bonchev–Trinajstić information content (AvgIpc) is 3.09. The minimum atomic E-state index is -0.662. The van der Waals surface area contributed by atoms with Crippen molar-refractivity contribution in [1.82, 2.24) is 15.5 Å². The Labute approximate surface area is 157 Å². The average molecular weight is 380 g/mol. The van der Waals surface area contributed by atoms with Crippen LogP contribution < -0.4 is 10.6 Å². The summed E-state index contributed by atoms with van der Waals surface area (Å²) in [5.41, 5.74) is -0.662. The standard InChI is InChI=1S/C17H25N5OS2/c18-12-17(9-5-2-6-10-17)20-14(23)11-24-16-22-21-15(25-16)19-13-7-3-1-4-8-13/h13H,1-11H2,(H,19,21)(H,20,23). The minimum Gasteiger partial charge on any atom is -0.357 e. The first-order chi connectivity index (χ1) is 12.2. The first kappa shape index (κ1) is 18.5. The summed E-state index contributed by atoms with van der Waals surface area (Å²) in [6, 6.07) is 2.82. The zero-order chi connectivity index (χ0) is 17.5. The molecule has 1 heterocycles. The van der Waals surface area contributed by atoms with Gasteiger partial charge in [0.2, 0.25) is 11.0 Å². The van der Waals surface area contributed by atoms with Crippen LogP contribution in [0.4, 0.5) is 5.13 Å². The van der Waals surface area contributed by atoms with E-state index in [-0.39, 0.29) is 11.7 Å².